The lowest BCUT2D eigenvalue weighted by atomic mass is 9.98. The molecule has 3 aromatic carbocycles. The van der Waals surface area contributed by atoms with Crippen molar-refractivity contribution in [3.8, 4) is 5.88 Å². The van der Waals surface area contributed by atoms with E-state index in [4.69, 9.17) is 19.7 Å². The van der Waals surface area contributed by atoms with Gasteiger partial charge in [-0.1, -0.05) is 34.8 Å². The third-order valence-electron chi connectivity index (χ3n) is 6.37. The van der Waals surface area contributed by atoms with Crippen molar-refractivity contribution in [1.29, 1.82) is 0 Å². The van der Waals surface area contributed by atoms with Gasteiger partial charge < -0.3 is 14.9 Å². The summed E-state index contributed by atoms with van der Waals surface area (Å²) in [5, 5.41) is 20.8. The van der Waals surface area contributed by atoms with E-state index in [1.807, 2.05) is 6.07 Å². The maximum atomic E-state index is 12.8. The predicted octanol–water partition coefficient (Wildman–Crippen LogP) is 3.82. The molecule has 0 spiro atoms. The van der Waals surface area contributed by atoms with Gasteiger partial charge in [-0.15, -0.1) is 0 Å². The number of carbonyl (C=O) groups excluding carboxylic acids is 2. The van der Waals surface area contributed by atoms with Gasteiger partial charge in [0, 0.05) is 24.9 Å². The Hall–Kier alpha value is -4.36. The number of aromatic nitrogens is 1. The number of ether oxygens (including phenoxy) is 1. The number of aliphatic hydroxyl groups excluding tert-OH is 1. The zero-order valence-corrected chi connectivity index (χ0v) is 23.7. The highest BCUT2D eigenvalue weighted by molar-refractivity contribution is 7.89. The fraction of sp³-hybridized carbons (Fsp3) is 0.207. The minimum Gasteiger partial charge on any atom is -0.494 e. The smallest absolute Gasteiger partial charge is 0.338 e. The van der Waals surface area contributed by atoms with Gasteiger partial charge in [0.2, 0.25) is 11.8 Å². The lowest BCUT2D eigenvalue weighted by Crippen LogP contribution is -2.28. The first-order chi connectivity index (χ1) is 19.5. The monoisotopic (exact) mass is 579 g/mol. The van der Waals surface area contributed by atoms with E-state index in [1.54, 1.807) is 37.3 Å². The summed E-state index contributed by atoms with van der Waals surface area (Å²) in [5.41, 5.74) is 2.68. The second kappa shape index (κ2) is 12.0. The van der Waals surface area contributed by atoms with Gasteiger partial charge in [-0.05, 0) is 48.9 Å². The zero-order chi connectivity index (χ0) is 29.9. The van der Waals surface area contributed by atoms with Crippen LogP contribution in [0.1, 0.15) is 38.8 Å². The molecule has 0 amide bonds. The number of hydroxylamine groups is 1. The molecule has 4 aromatic rings. The van der Waals surface area contributed by atoms with E-state index >= 15 is 0 Å². The Labute approximate surface area is 236 Å². The van der Waals surface area contributed by atoms with Gasteiger partial charge in [-0.25, -0.2) is 18.2 Å². The summed E-state index contributed by atoms with van der Waals surface area (Å²) in [6.07, 6.45) is 0. The van der Waals surface area contributed by atoms with Crippen LogP contribution in [0.2, 0.25) is 0 Å². The molecule has 2 N–H and O–H groups in total. The molecule has 0 fully saturated rings. The van der Waals surface area contributed by atoms with Gasteiger partial charge in [0.05, 0.1) is 53.3 Å². The Morgan fingerprint density at radius 2 is 1.71 bits per heavy atom. The van der Waals surface area contributed by atoms with Crippen LogP contribution in [-0.2, 0) is 19.6 Å². The number of aryl methyl sites for hydroxylation is 1. The molecule has 1 heterocycles. The molecular formula is C29H29N3O8S. The van der Waals surface area contributed by atoms with Gasteiger partial charge in [0.1, 0.15) is 0 Å². The topological polar surface area (TPSA) is 148 Å². The SMILES string of the molecule is COC(=O)c1cc2c(cc1C)c(C(=Nc1ccc(S(=O)(=O)N(C)OCCO)cc1)c1ccccc1)c(O)n2C(C)=O. The van der Waals surface area contributed by atoms with E-state index < -0.39 is 21.9 Å². The van der Waals surface area contributed by atoms with Crippen LogP contribution in [0, 0.1) is 6.92 Å². The summed E-state index contributed by atoms with van der Waals surface area (Å²) in [4.78, 5) is 34.8. The second-order valence-corrected chi connectivity index (χ2v) is 11.0. The fourth-order valence-corrected chi connectivity index (χ4v) is 5.37. The maximum absolute atomic E-state index is 12.8. The van der Waals surface area contributed by atoms with Crippen molar-refractivity contribution < 1.29 is 37.8 Å². The highest BCUT2D eigenvalue weighted by Crippen LogP contribution is 2.36. The molecule has 0 aliphatic rings. The summed E-state index contributed by atoms with van der Waals surface area (Å²) in [5.74, 6) is -1.42. The number of methoxy groups -OCH3 is 1. The largest absolute Gasteiger partial charge is 0.494 e. The molecule has 0 saturated heterocycles. The van der Waals surface area contributed by atoms with Crippen LogP contribution in [0.5, 0.6) is 5.88 Å². The number of nitrogens with zero attached hydrogens (tertiary/aromatic N) is 3. The van der Waals surface area contributed by atoms with Crippen LogP contribution in [0.3, 0.4) is 0 Å². The quantitative estimate of drug-likeness (QED) is 0.173. The third-order valence-corrected chi connectivity index (χ3v) is 8.02. The number of aromatic hydroxyl groups is 1. The van der Waals surface area contributed by atoms with Gasteiger partial charge in [0.25, 0.3) is 10.0 Å². The van der Waals surface area contributed by atoms with E-state index in [1.165, 1.54) is 51.4 Å². The molecule has 0 bridgehead atoms. The molecule has 0 radical (unpaired) electrons. The van der Waals surface area contributed by atoms with Crippen LogP contribution in [0.4, 0.5) is 5.69 Å². The van der Waals surface area contributed by atoms with E-state index in [-0.39, 0.29) is 35.1 Å². The summed E-state index contributed by atoms with van der Waals surface area (Å²) in [7, 11) is -1.50. The van der Waals surface area contributed by atoms with E-state index in [2.05, 4.69) is 0 Å². The zero-order valence-electron chi connectivity index (χ0n) is 22.9. The molecule has 0 atom stereocenters. The van der Waals surface area contributed by atoms with Gasteiger partial charge in [-0.2, -0.15) is 0 Å². The average molecular weight is 580 g/mol. The number of fused-ring (bicyclic) bond motifs is 1. The summed E-state index contributed by atoms with van der Waals surface area (Å²) in [6.45, 7) is 2.49. The first kappa shape index (κ1) is 29.6. The lowest BCUT2D eigenvalue weighted by molar-refractivity contribution is -0.0770. The van der Waals surface area contributed by atoms with E-state index in [9.17, 15) is 23.1 Å². The predicted molar refractivity (Wildman–Crippen MR) is 152 cm³/mol. The van der Waals surface area contributed by atoms with Crippen molar-refractivity contribution in [3.63, 3.8) is 0 Å². The molecule has 12 heteroatoms. The van der Waals surface area contributed by atoms with Gasteiger partial charge in [-0.3, -0.25) is 14.2 Å². The number of hydrogen-bond donors (Lipinski definition) is 2. The minimum atomic E-state index is -3.99. The first-order valence-electron chi connectivity index (χ1n) is 12.5. The highest BCUT2D eigenvalue weighted by Gasteiger charge is 2.27. The van der Waals surface area contributed by atoms with Crippen molar-refractivity contribution in [3.05, 3.63) is 89.0 Å². The number of hydrogen-bond acceptors (Lipinski definition) is 9. The Kier molecular flexibility index (Phi) is 8.69. The Morgan fingerprint density at radius 3 is 2.29 bits per heavy atom. The maximum Gasteiger partial charge on any atom is 0.338 e. The van der Waals surface area contributed by atoms with Crippen LogP contribution in [0.25, 0.3) is 10.9 Å². The third kappa shape index (κ3) is 5.77. The molecule has 214 valence electrons. The van der Waals surface area contributed by atoms with Crippen LogP contribution < -0.4 is 0 Å². The summed E-state index contributed by atoms with van der Waals surface area (Å²) >= 11 is 0. The molecule has 4 rings (SSSR count). The molecule has 0 unspecified atom stereocenters. The van der Waals surface area contributed by atoms with Crippen molar-refractivity contribution in [2.24, 2.45) is 4.99 Å². The number of sulfonamides is 1. The Balaban J connectivity index is 1.93. The minimum absolute atomic E-state index is 0.0554. The fourth-order valence-electron chi connectivity index (χ4n) is 4.38. The van der Waals surface area contributed by atoms with E-state index in [0.717, 1.165) is 4.57 Å². The summed E-state index contributed by atoms with van der Waals surface area (Å²) in [6, 6.07) is 17.9. The Bertz CT molecular complexity index is 1740. The van der Waals surface area contributed by atoms with Crippen LogP contribution >= 0.6 is 0 Å². The molecular weight excluding hydrogens is 550 g/mol. The standard InChI is InChI=1S/C29H29N3O8S/c1-18-16-24-25(17-23(18)29(36)39-4)32(19(2)34)28(35)26(24)27(20-8-6-5-7-9-20)30-21-10-12-22(13-11-21)41(37,38)31(3)40-15-14-33/h5-13,16-17,33,35H,14-15H2,1-4H3. The first-order valence-corrected chi connectivity index (χ1v) is 13.9. The van der Waals surface area contributed by atoms with Gasteiger partial charge in [0.15, 0.2) is 0 Å². The molecule has 11 nitrogen and oxygen atoms in total. The second-order valence-electron chi connectivity index (χ2n) is 9.02. The van der Waals surface area contributed by atoms with Crippen molar-refractivity contribution in [2.45, 2.75) is 18.7 Å². The Morgan fingerprint density at radius 1 is 1.05 bits per heavy atom. The lowest BCUT2D eigenvalue weighted by Gasteiger charge is -2.16. The van der Waals surface area contributed by atoms with Gasteiger partial charge >= 0.3 is 5.97 Å². The number of esters is 1. The molecule has 0 saturated carbocycles. The number of aliphatic hydroxyl groups is 1. The normalized spacial score (nSPS) is 12.2. The molecule has 0 aliphatic heterocycles. The van der Waals surface area contributed by atoms with Crippen LogP contribution in [0.15, 0.2) is 76.6 Å². The van der Waals surface area contributed by atoms with Crippen molar-refractivity contribution in [2.75, 3.05) is 27.4 Å². The van der Waals surface area contributed by atoms with Crippen molar-refractivity contribution in [1.82, 2.24) is 9.04 Å². The molecule has 41 heavy (non-hydrogen) atoms. The van der Waals surface area contributed by atoms with E-state index in [0.29, 0.717) is 37.9 Å². The molecule has 1 aromatic heterocycles. The highest BCUT2D eigenvalue weighted by atomic mass is 32.2. The molecule has 0 aliphatic carbocycles. The average Bonchev–Trinajstić information content (AvgIpc) is 3.24. The number of aliphatic imine (C=N–C) groups is 1. The van der Waals surface area contributed by atoms with Crippen molar-refractivity contribution >= 4 is 44.2 Å². The van der Waals surface area contributed by atoms with Crippen LogP contribution in [-0.4, -0.2) is 72.6 Å². The number of carbonyl (C=O) groups is 2. The number of benzene rings is 3. The number of rotatable bonds is 9. The summed E-state index contributed by atoms with van der Waals surface area (Å²) < 4.78 is 32.2.